The molecular weight excluding hydrogens is 872 g/mol. The van der Waals surface area contributed by atoms with Crippen LogP contribution in [0.5, 0.6) is 0 Å². The fourth-order valence-electron chi connectivity index (χ4n) is 4.63. The number of phosphoric ester groups is 2. The zero-order chi connectivity index (χ0) is 41.7. The van der Waals surface area contributed by atoms with Crippen LogP contribution in [-0.2, 0) is 62.7 Å². The maximum absolute atomic E-state index is 12.3. The topological polar surface area (TPSA) is 385 Å². The number of aromatic nitrogens is 2. The first-order chi connectivity index (χ1) is 25.3. The summed E-state index contributed by atoms with van der Waals surface area (Å²) < 4.78 is 106. The lowest BCUT2D eigenvalue weighted by molar-refractivity contribution is -0.0450. The van der Waals surface area contributed by atoms with E-state index in [9.17, 15) is 71.4 Å². The third-order valence-corrected chi connectivity index (χ3v) is 16.3. The van der Waals surface area contributed by atoms with Gasteiger partial charge in [-0.1, -0.05) is 45.4 Å². The Morgan fingerprint density at radius 3 is 1.69 bits per heavy atom. The van der Waals surface area contributed by atoms with Gasteiger partial charge in [0.1, 0.15) is 12.3 Å². The van der Waals surface area contributed by atoms with Gasteiger partial charge in [0.2, 0.25) is 0 Å². The van der Waals surface area contributed by atoms with Crippen molar-refractivity contribution in [1.82, 2.24) is 14.9 Å². The number of aromatic amines is 1. The van der Waals surface area contributed by atoms with Gasteiger partial charge in [-0.3, -0.25) is 23.4 Å². The molecule has 322 valence electrons. The van der Waals surface area contributed by atoms with Gasteiger partial charge in [-0.15, -0.1) is 0 Å². The molecular formula is C23H47N3O23P6. The molecule has 0 bridgehead atoms. The normalized spacial score (nSPS) is 24.2. The molecule has 0 saturated carbocycles. The average Bonchev–Trinajstić information content (AvgIpc) is 3.37. The number of aryl methyl sites for hydroxylation is 1. The summed E-state index contributed by atoms with van der Waals surface area (Å²) in [6, 6.07) is 0. The first-order valence-corrected chi connectivity index (χ1v) is 25.4. The van der Waals surface area contributed by atoms with E-state index < -0.39 is 89.8 Å². The number of hydrogen-bond acceptors (Lipinski definition) is 18. The summed E-state index contributed by atoms with van der Waals surface area (Å²) >= 11 is 0. The zero-order valence-electron chi connectivity index (χ0n) is 29.5. The van der Waals surface area contributed by atoms with E-state index in [0.29, 0.717) is 12.8 Å². The Kier molecular flexibility index (Phi) is 20.4. The average molecular weight is 919 g/mol. The van der Waals surface area contributed by atoms with E-state index in [4.69, 9.17) is 4.74 Å². The molecule has 1 saturated heterocycles. The number of unbranched alkanes of at least 4 members (excludes halogenated alkanes) is 7. The van der Waals surface area contributed by atoms with Crippen molar-refractivity contribution in [3.05, 3.63) is 32.6 Å². The lowest BCUT2D eigenvalue weighted by atomic mass is 10.1. The Balaban J connectivity index is 1.80. The van der Waals surface area contributed by atoms with Gasteiger partial charge in [0.15, 0.2) is 0 Å². The van der Waals surface area contributed by atoms with E-state index in [1.165, 1.54) is 19.8 Å². The molecule has 2 rings (SSSR count). The SMILES string of the molecule is CCCCCCCNCCCCCCOP(=O)(O)OP(=O)(O)OP(=O)(O)OP(=O)(O)OP(=O)(O)OP(=O)(O)OC[C@H]1O[C@@H](n2cc(C)c(=O)[nH]c2=O)CC1O. The molecule has 1 fully saturated rings. The number of aliphatic hydroxyl groups excluding tert-OH is 1. The number of nitrogens with one attached hydrogen (secondary N) is 2. The number of rotatable bonds is 28. The van der Waals surface area contributed by atoms with Crippen molar-refractivity contribution in [2.75, 3.05) is 26.3 Å². The van der Waals surface area contributed by atoms with Crippen molar-refractivity contribution in [2.45, 2.75) is 96.5 Å². The molecule has 1 aliphatic rings. The van der Waals surface area contributed by atoms with E-state index in [0.717, 1.165) is 49.5 Å². The van der Waals surface area contributed by atoms with Crippen LogP contribution < -0.4 is 16.6 Å². The summed E-state index contributed by atoms with van der Waals surface area (Å²) in [6.07, 6.45) is 4.58. The molecule has 1 aliphatic heterocycles. The highest BCUT2D eigenvalue weighted by atomic mass is 31.3. The van der Waals surface area contributed by atoms with Gasteiger partial charge in [0, 0.05) is 18.2 Å². The molecule has 0 radical (unpaired) electrons. The minimum absolute atomic E-state index is 0.0943. The van der Waals surface area contributed by atoms with Crippen molar-refractivity contribution in [3.63, 3.8) is 0 Å². The molecule has 0 spiro atoms. The minimum atomic E-state index is -6.45. The second-order valence-corrected chi connectivity index (χ2v) is 21.2. The van der Waals surface area contributed by atoms with Crippen LogP contribution in [0, 0.1) is 6.92 Å². The fourth-order valence-corrected chi connectivity index (χ4v) is 12.5. The number of H-pyrrole nitrogens is 1. The summed E-state index contributed by atoms with van der Waals surface area (Å²) in [6.45, 7) is 3.58. The predicted octanol–water partition coefficient (Wildman–Crippen LogP) is 3.33. The molecule has 0 aromatic carbocycles. The number of phosphoric acid groups is 6. The summed E-state index contributed by atoms with van der Waals surface area (Å²) in [5, 5.41) is 13.5. The van der Waals surface area contributed by atoms with Gasteiger partial charge in [0.25, 0.3) is 5.56 Å². The van der Waals surface area contributed by atoms with E-state index in [2.05, 4.69) is 42.8 Å². The van der Waals surface area contributed by atoms with E-state index in [1.54, 1.807) is 0 Å². The Morgan fingerprint density at radius 2 is 1.18 bits per heavy atom. The zero-order valence-corrected chi connectivity index (χ0v) is 34.9. The molecule has 0 aliphatic carbocycles. The predicted molar refractivity (Wildman–Crippen MR) is 187 cm³/mol. The summed E-state index contributed by atoms with van der Waals surface area (Å²) in [7, 11) is -36.6. The second kappa shape index (κ2) is 22.1. The quantitative estimate of drug-likeness (QED) is 0.0430. The summed E-state index contributed by atoms with van der Waals surface area (Å²) in [5.41, 5.74) is -1.52. The third-order valence-electron chi connectivity index (χ3n) is 7.05. The van der Waals surface area contributed by atoms with Gasteiger partial charge < -0.3 is 44.5 Å². The molecule has 32 heteroatoms. The van der Waals surface area contributed by atoms with Crippen LogP contribution in [0.15, 0.2) is 15.8 Å². The van der Waals surface area contributed by atoms with Crippen molar-refractivity contribution in [2.24, 2.45) is 0 Å². The standard InChI is InChI=1S/C23H47N3O23P6/c1-3-4-5-6-9-12-24-13-10-7-8-11-14-42-50(30,31)45-52(34,35)47-54(38,39)49-55(40,41)48-53(36,37)46-51(32,33)43-17-20-19(27)15-21(44-20)26-16-18(2)22(28)25-23(26)29/h16,19-21,24,27H,3-15,17H2,1-2H3,(H,30,31)(H,32,33)(H,34,35)(H,36,37)(H,38,39)(H,40,41)(H,25,28,29)/t19?,20-,21-/m1/s1. The Morgan fingerprint density at radius 1 is 0.727 bits per heavy atom. The van der Waals surface area contributed by atoms with Crippen LogP contribution in [-0.4, -0.2) is 82.5 Å². The van der Waals surface area contributed by atoms with Crippen LogP contribution in [0.3, 0.4) is 0 Å². The van der Waals surface area contributed by atoms with Crippen LogP contribution in [0.4, 0.5) is 0 Å². The van der Waals surface area contributed by atoms with Gasteiger partial charge in [-0.05, 0) is 39.3 Å². The van der Waals surface area contributed by atoms with Crippen molar-refractivity contribution >= 4 is 46.9 Å². The van der Waals surface area contributed by atoms with E-state index >= 15 is 0 Å². The largest absolute Gasteiger partial charge is 0.490 e. The van der Waals surface area contributed by atoms with Gasteiger partial charge in [0.05, 0.1) is 19.3 Å². The molecule has 55 heavy (non-hydrogen) atoms. The Bertz CT molecular complexity index is 1810. The summed E-state index contributed by atoms with van der Waals surface area (Å²) in [5.74, 6) is 0. The Labute approximate surface area is 314 Å². The van der Waals surface area contributed by atoms with Crippen molar-refractivity contribution < 1.29 is 97.2 Å². The molecule has 1 aromatic heterocycles. The molecule has 9 N–H and O–H groups in total. The third kappa shape index (κ3) is 20.3. The highest BCUT2D eigenvalue weighted by Gasteiger charge is 2.50. The fraction of sp³-hybridized carbons (Fsp3) is 0.826. The molecule has 9 atom stereocenters. The van der Waals surface area contributed by atoms with Gasteiger partial charge in [-0.25, -0.2) is 32.2 Å². The maximum atomic E-state index is 12.3. The highest BCUT2D eigenvalue weighted by Crippen LogP contribution is 2.75. The van der Waals surface area contributed by atoms with Gasteiger partial charge >= 0.3 is 52.6 Å². The number of ether oxygens (including phenoxy) is 1. The smallest absolute Gasteiger partial charge is 0.390 e. The van der Waals surface area contributed by atoms with Crippen LogP contribution in [0.2, 0.25) is 0 Å². The number of aliphatic hydroxyl groups is 1. The Hall–Kier alpha value is -0.580. The van der Waals surface area contributed by atoms with Crippen LogP contribution in [0.25, 0.3) is 0 Å². The van der Waals surface area contributed by atoms with Crippen LogP contribution in [0.1, 0.15) is 82.9 Å². The van der Waals surface area contributed by atoms with E-state index in [-0.39, 0.29) is 18.4 Å². The van der Waals surface area contributed by atoms with Crippen molar-refractivity contribution in [1.29, 1.82) is 0 Å². The summed E-state index contributed by atoms with van der Waals surface area (Å²) in [4.78, 5) is 83.8. The number of nitrogens with zero attached hydrogens (tertiary/aromatic N) is 1. The van der Waals surface area contributed by atoms with E-state index in [1.807, 2.05) is 4.98 Å². The van der Waals surface area contributed by atoms with Crippen molar-refractivity contribution in [3.8, 4) is 0 Å². The second-order valence-electron chi connectivity index (χ2n) is 11.8. The molecule has 0 amide bonds. The first kappa shape index (κ1) is 50.6. The number of hydrogen-bond donors (Lipinski definition) is 9. The molecule has 7 unspecified atom stereocenters. The van der Waals surface area contributed by atoms with Crippen LogP contribution >= 0.6 is 46.9 Å². The van der Waals surface area contributed by atoms with Gasteiger partial charge in [-0.2, -0.15) is 21.6 Å². The molecule has 26 nitrogen and oxygen atoms in total. The molecule has 1 aromatic rings. The maximum Gasteiger partial charge on any atom is 0.490 e. The highest BCUT2D eigenvalue weighted by molar-refractivity contribution is 7.72. The first-order valence-electron chi connectivity index (χ1n) is 16.5. The minimum Gasteiger partial charge on any atom is -0.390 e. The monoisotopic (exact) mass is 919 g/mol. The lowest BCUT2D eigenvalue weighted by Gasteiger charge is -2.21. The molecule has 2 heterocycles. The lowest BCUT2D eigenvalue weighted by Crippen LogP contribution is -2.33.